The third-order valence-electron chi connectivity index (χ3n) is 6.54. The molecule has 37 heavy (non-hydrogen) atoms. The summed E-state index contributed by atoms with van der Waals surface area (Å²) in [6, 6.07) is 12.1. The summed E-state index contributed by atoms with van der Waals surface area (Å²) in [4.78, 5) is 14.8. The van der Waals surface area contributed by atoms with Gasteiger partial charge in [0.05, 0.1) is 4.88 Å². The Morgan fingerprint density at radius 2 is 1.84 bits per heavy atom. The lowest BCUT2D eigenvalue weighted by Crippen LogP contribution is -2.51. The van der Waals surface area contributed by atoms with Gasteiger partial charge in [-0.1, -0.05) is 49.3 Å². The molecule has 1 aromatic carbocycles. The molecule has 14 heteroatoms. The average molecular weight is 580 g/mol. The molecular formula is C23H25ClF3N3O5S2. The van der Waals surface area contributed by atoms with Gasteiger partial charge in [0.15, 0.2) is 0 Å². The van der Waals surface area contributed by atoms with Crippen molar-refractivity contribution in [3.8, 4) is 10.6 Å². The van der Waals surface area contributed by atoms with Crippen molar-refractivity contribution in [2.24, 2.45) is 0 Å². The molecule has 4 rings (SSSR count). The van der Waals surface area contributed by atoms with E-state index >= 15 is 0 Å². The summed E-state index contributed by atoms with van der Waals surface area (Å²) < 4.78 is 71.7. The monoisotopic (exact) mass is 579 g/mol. The number of thiophene rings is 1. The van der Waals surface area contributed by atoms with Gasteiger partial charge in [0, 0.05) is 18.0 Å². The van der Waals surface area contributed by atoms with Crippen LogP contribution in [0.4, 0.5) is 13.2 Å². The van der Waals surface area contributed by atoms with Crippen molar-refractivity contribution in [3.63, 3.8) is 0 Å². The van der Waals surface area contributed by atoms with E-state index in [1.165, 1.54) is 12.1 Å². The molecule has 0 aliphatic heterocycles. The number of benzene rings is 1. The maximum atomic E-state index is 13.3. The zero-order chi connectivity index (χ0) is 26.4. The second kappa shape index (κ2) is 10.4. The van der Waals surface area contributed by atoms with E-state index in [1.807, 2.05) is 18.7 Å². The topological polar surface area (TPSA) is 113 Å². The SMILES string of the molecule is CCN(CC)CC1(c2ccccc2)CC1(NS(=O)(=O)c1ccc(-c2cc(C(F)(F)F)on2)s1)C(=O)O.Cl. The Bertz CT molecular complexity index is 1360. The van der Waals surface area contributed by atoms with Crippen molar-refractivity contribution in [3.05, 3.63) is 59.9 Å². The molecule has 1 aliphatic carbocycles. The maximum absolute atomic E-state index is 13.3. The Morgan fingerprint density at radius 1 is 1.19 bits per heavy atom. The van der Waals surface area contributed by atoms with E-state index in [0.717, 1.165) is 0 Å². The van der Waals surface area contributed by atoms with Crippen LogP contribution in [0.5, 0.6) is 0 Å². The fraction of sp³-hybridized carbons (Fsp3) is 0.391. The number of halogens is 4. The molecule has 2 unspecified atom stereocenters. The third-order valence-corrected chi connectivity index (χ3v) is 9.63. The minimum atomic E-state index is -4.73. The van der Waals surface area contributed by atoms with Crippen LogP contribution < -0.4 is 4.72 Å². The van der Waals surface area contributed by atoms with Crippen LogP contribution in [0.25, 0.3) is 10.6 Å². The van der Waals surface area contributed by atoms with Gasteiger partial charge in [-0.3, -0.25) is 4.79 Å². The van der Waals surface area contributed by atoms with Gasteiger partial charge in [-0.25, -0.2) is 8.42 Å². The molecule has 0 saturated heterocycles. The van der Waals surface area contributed by atoms with Crippen LogP contribution in [-0.2, 0) is 26.4 Å². The van der Waals surface area contributed by atoms with E-state index in [2.05, 4.69) is 14.4 Å². The van der Waals surface area contributed by atoms with Gasteiger partial charge in [0.25, 0.3) is 10.0 Å². The number of aliphatic carboxylic acids is 1. The average Bonchev–Trinajstić information content (AvgIpc) is 3.23. The summed E-state index contributed by atoms with van der Waals surface area (Å²) in [7, 11) is -4.35. The molecule has 2 aromatic heterocycles. The number of sulfonamides is 1. The number of likely N-dealkylation sites (N-methyl/N-ethyl adjacent to an activating group) is 1. The summed E-state index contributed by atoms with van der Waals surface area (Å²) in [6.07, 6.45) is -4.68. The van der Waals surface area contributed by atoms with Crippen molar-refractivity contribution in [1.29, 1.82) is 0 Å². The largest absolute Gasteiger partial charge is 0.480 e. The van der Waals surface area contributed by atoms with Crippen LogP contribution in [0.1, 0.15) is 31.6 Å². The Balaban J connectivity index is 0.00000380. The van der Waals surface area contributed by atoms with E-state index in [1.54, 1.807) is 30.3 Å². The van der Waals surface area contributed by atoms with E-state index in [9.17, 15) is 31.5 Å². The number of aromatic nitrogens is 1. The molecule has 0 radical (unpaired) electrons. The van der Waals surface area contributed by atoms with E-state index in [-0.39, 0.29) is 33.6 Å². The zero-order valence-electron chi connectivity index (χ0n) is 19.8. The third kappa shape index (κ3) is 5.28. The predicted octanol–water partition coefficient (Wildman–Crippen LogP) is 4.63. The van der Waals surface area contributed by atoms with Crippen molar-refractivity contribution in [2.45, 2.75) is 41.6 Å². The fourth-order valence-corrected chi connectivity index (χ4v) is 7.17. The van der Waals surface area contributed by atoms with Gasteiger partial charge in [0.2, 0.25) is 5.76 Å². The smallest absolute Gasteiger partial charge is 0.452 e. The van der Waals surface area contributed by atoms with Crippen LogP contribution in [0.15, 0.2) is 57.3 Å². The second-order valence-electron chi connectivity index (χ2n) is 8.60. The summed E-state index contributed by atoms with van der Waals surface area (Å²) in [5.74, 6) is -2.61. The van der Waals surface area contributed by atoms with Crippen molar-refractivity contribution >= 4 is 39.7 Å². The summed E-state index contributed by atoms with van der Waals surface area (Å²) in [5, 5.41) is 13.6. The molecule has 2 heterocycles. The Morgan fingerprint density at radius 3 is 2.38 bits per heavy atom. The minimum absolute atomic E-state index is 0. The van der Waals surface area contributed by atoms with Gasteiger partial charge in [-0.15, -0.1) is 23.7 Å². The van der Waals surface area contributed by atoms with Crippen molar-refractivity contribution in [1.82, 2.24) is 14.8 Å². The van der Waals surface area contributed by atoms with Crippen LogP contribution in [0.2, 0.25) is 0 Å². The van der Waals surface area contributed by atoms with Crippen LogP contribution >= 0.6 is 23.7 Å². The lowest BCUT2D eigenvalue weighted by Gasteiger charge is -2.30. The number of hydrogen-bond donors (Lipinski definition) is 2. The lowest BCUT2D eigenvalue weighted by atomic mass is 9.90. The summed E-state index contributed by atoms with van der Waals surface area (Å²) in [5.41, 5.74) is -2.27. The number of nitrogens with zero attached hydrogens (tertiary/aromatic N) is 2. The first-order chi connectivity index (χ1) is 16.9. The molecule has 0 spiro atoms. The molecule has 3 aromatic rings. The normalized spacial score (nSPS) is 21.6. The highest BCUT2D eigenvalue weighted by Crippen LogP contribution is 2.59. The molecule has 202 valence electrons. The van der Waals surface area contributed by atoms with Gasteiger partial charge in [-0.05, 0) is 37.2 Å². The van der Waals surface area contributed by atoms with Gasteiger partial charge in [-0.2, -0.15) is 17.9 Å². The first kappa shape index (κ1) is 29.1. The summed E-state index contributed by atoms with van der Waals surface area (Å²) in [6.45, 7) is 5.52. The van der Waals surface area contributed by atoms with Gasteiger partial charge < -0.3 is 14.5 Å². The van der Waals surface area contributed by atoms with E-state index < -0.39 is 38.9 Å². The van der Waals surface area contributed by atoms with Gasteiger partial charge in [0.1, 0.15) is 15.4 Å². The molecule has 2 atom stereocenters. The number of hydrogen-bond acceptors (Lipinski definition) is 7. The van der Waals surface area contributed by atoms with E-state index in [0.29, 0.717) is 42.6 Å². The number of nitrogens with one attached hydrogen (secondary N) is 1. The Kier molecular flexibility index (Phi) is 8.16. The quantitative estimate of drug-likeness (QED) is 0.360. The van der Waals surface area contributed by atoms with E-state index in [4.69, 9.17) is 0 Å². The molecule has 2 N–H and O–H groups in total. The molecular weight excluding hydrogens is 555 g/mol. The number of carbonyl (C=O) groups is 1. The molecule has 1 saturated carbocycles. The van der Waals surface area contributed by atoms with Gasteiger partial charge >= 0.3 is 12.1 Å². The highest BCUT2D eigenvalue weighted by atomic mass is 35.5. The number of carboxylic acid groups (broad SMARTS) is 1. The number of alkyl halides is 3. The molecule has 0 bridgehead atoms. The van der Waals surface area contributed by atoms with Crippen LogP contribution in [-0.4, -0.2) is 54.7 Å². The minimum Gasteiger partial charge on any atom is -0.480 e. The van der Waals surface area contributed by atoms with Crippen LogP contribution in [0, 0.1) is 0 Å². The standard InChI is InChI=1S/C23H24F3N3O5S2.ClH/c1-3-29(4-2)14-21(15-8-6-5-7-9-15)13-22(21,20(30)31)28-36(32,33)19-11-10-17(35-19)16-12-18(34-27-16)23(24,25)26;/h5-12,28H,3-4,13-14H2,1-2H3,(H,30,31);1H. The first-order valence-corrected chi connectivity index (χ1v) is 13.4. The lowest BCUT2D eigenvalue weighted by molar-refractivity contribution is -0.155. The maximum Gasteiger partial charge on any atom is 0.452 e. The van der Waals surface area contributed by atoms with Crippen molar-refractivity contribution in [2.75, 3.05) is 19.6 Å². The molecule has 1 fully saturated rings. The molecule has 0 amide bonds. The van der Waals surface area contributed by atoms with Crippen LogP contribution in [0.3, 0.4) is 0 Å². The predicted molar refractivity (Wildman–Crippen MR) is 133 cm³/mol. The fourth-order valence-electron chi connectivity index (χ4n) is 4.49. The number of carboxylic acids is 1. The highest BCUT2D eigenvalue weighted by Gasteiger charge is 2.75. The Labute approximate surface area is 221 Å². The summed E-state index contributed by atoms with van der Waals surface area (Å²) >= 11 is 0.672. The first-order valence-electron chi connectivity index (χ1n) is 11.1. The highest BCUT2D eigenvalue weighted by molar-refractivity contribution is 7.91. The molecule has 8 nitrogen and oxygen atoms in total. The number of rotatable bonds is 10. The Hall–Kier alpha value is -2.45. The zero-order valence-corrected chi connectivity index (χ0v) is 22.2. The van der Waals surface area contributed by atoms with Crippen molar-refractivity contribution < 1.29 is 36.0 Å². The second-order valence-corrected chi connectivity index (χ2v) is 11.6. The molecule has 1 aliphatic rings.